The SMILES string of the molecule is COC(=O)CNCc1ccc(C(=O)OC)cc1[N+](=O)[O-]. The summed E-state index contributed by atoms with van der Waals surface area (Å²) in [5.74, 6) is -1.12. The second-order valence-electron chi connectivity index (χ2n) is 3.77. The molecule has 0 aromatic heterocycles. The van der Waals surface area contributed by atoms with Crippen molar-refractivity contribution in [3.63, 3.8) is 0 Å². The minimum Gasteiger partial charge on any atom is -0.468 e. The van der Waals surface area contributed by atoms with Crippen molar-refractivity contribution >= 4 is 17.6 Å². The molecular formula is C12H14N2O6. The Kier molecular flexibility index (Phi) is 5.60. The first-order valence-electron chi connectivity index (χ1n) is 5.62. The van der Waals surface area contributed by atoms with E-state index in [0.29, 0.717) is 5.56 Å². The molecule has 0 saturated carbocycles. The maximum Gasteiger partial charge on any atom is 0.338 e. The van der Waals surface area contributed by atoms with E-state index in [-0.39, 0.29) is 24.3 Å². The maximum atomic E-state index is 11.3. The summed E-state index contributed by atoms with van der Waals surface area (Å²) in [4.78, 5) is 32.6. The lowest BCUT2D eigenvalue weighted by Gasteiger charge is -2.06. The van der Waals surface area contributed by atoms with Crippen molar-refractivity contribution in [3.05, 3.63) is 39.4 Å². The lowest BCUT2D eigenvalue weighted by Crippen LogP contribution is -2.23. The van der Waals surface area contributed by atoms with Crippen LogP contribution in [0, 0.1) is 10.1 Å². The fraction of sp³-hybridized carbons (Fsp3) is 0.333. The Morgan fingerprint density at radius 1 is 1.30 bits per heavy atom. The van der Waals surface area contributed by atoms with Crippen molar-refractivity contribution in [2.24, 2.45) is 0 Å². The summed E-state index contributed by atoms with van der Waals surface area (Å²) < 4.78 is 8.93. The van der Waals surface area contributed by atoms with E-state index in [4.69, 9.17) is 0 Å². The first kappa shape index (κ1) is 15.6. The van der Waals surface area contributed by atoms with Crippen LogP contribution in [0.5, 0.6) is 0 Å². The molecule has 0 fully saturated rings. The molecule has 1 N–H and O–H groups in total. The van der Waals surface area contributed by atoms with Crippen molar-refractivity contribution in [1.29, 1.82) is 0 Å². The summed E-state index contributed by atoms with van der Waals surface area (Å²) in [6.07, 6.45) is 0. The number of benzene rings is 1. The Morgan fingerprint density at radius 3 is 2.55 bits per heavy atom. The molecule has 108 valence electrons. The van der Waals surface area contributed by atoms with E-state index in [1.807, 2.05) is 0 Å². The van der Waals surface area contributed by atoms with Crippen LogP contribution in [0.3, 0.4) is 0 Å². The van der Waals surface area contributed by atoms with Crippen molar-refractivity contribution in [2.75, 3.05) is 20.8 Å². The fourth-order valence-corrected chi connectivity index (χ4v) is 1.50. The number of esters is 2. The molecule has 1 aromatic carbocycles. The normalized spacial score (nSPS) is 9.90. The summed E-state index contributed by atoms with van der Waals surface area (Å²) in [6.45, 7) is 0.0409. The van der Waals surface area contributed by atoms with Gasteiger partial charge in [0.25, 0.3) is 5.69 Å². The van der Waals surface area contributed by atoms with E-state index in [2.05, 4.69) is 14.8 Å². The number of ether oxygens (including phenoxy) is 2. The number of hydrogen-bond acceptors (Lipinski definition) is 7. The standard InChI is InChI=1S/C12H14N2O6/c1-19-11(15)7-13-6-9-4-3-8(12(16)20-2)5-10(9)14(17)18/h3-5,13H,6-7H2,1-2H3. The Bertz CT molecular complexity index is 529. The van der Waals surface area contributed by atoms with Crippen LogP contribution in [-0.4, -0.2) is 37.6 Å². The van der Waals surface area contributed by atoms with Gasteiger partial charge in [-0.15, -0.1) is 0 Å². The fourth-order valence-electron chi connectivity index (χ4n) is 1.50. The Hall–Kier alpha value is -2.48. The van der Waals surface area contributed by atoms with E-state index in [1.165, 1.54) is 26.4 Å². The molecule has 8 nitrogen and oxygen atoms in total. The minimum atomic E-state index is -0.651. The number of carbonyl (C=O) groups is 2. The van der Waals surface area contributed by atoms with Crippen LogP contribution in [0.25, 0.3) is 0 Å². The Labute approximate surface area is 114 Å². The molecule has 20 heavy (non-hydrogen) atoms. The molecule has 1 aromatic rings. The average Bonchev–Trinajstić information content (AvgIpc) is 2.46. The van der Waals surface area contributed by atoms with Crippen molar-refractivity contribution < 1.29 is 24.0 Å². The first-order valence-corrected chi connectivity index (χ1v) is 5.62. The Balaban J connectivity index is 2.88. The van der Waals surface area contributed by atoms with Crippen molar-refractivity contribution in [2.45, 2.75) is 6.54 Å². The van der Waals surface area contributed by atoms with Gasteiger partial charge in [0.1, 0.15) is 0 Å². The molecule has 0 amide bonds. The van der Waals surface area contributed by atoms with Crippen LogP contribution in [0.1, 0.15) is 15.9 Å². The molecule has 0 aliphatic rings. The van der Waals surface area contributed by atoms with Crippen molar-refractivity contribution in [3.8, 4) is 0 Å². The van der Waals surface area contributed by atoms with E-state index in [9.17, 15) is 19.7 Å². The van der Waals surface area contributed by atoms with Gasteiger partial charge in [-0.25, -0.2) is 4.79 Å². The molecule has 0 bridgehead atoms. The van der Waals surface area contributed by atoms with Gasteiger partial charge in [-0.1, -0.05) is 6.07 Å². The van der Waals surface area contributed by atoms with Gasteiger partial charge in [0.05, 0.1) is 31.3 Å². The summed E-state index contributed by atoms with van der Waals surface area (Å²) in [7, 11) is 2.44. The third kappa shape index (κ3) is 4.02. The number of nitrogens with one attached hydrogen (secondary N) is 1. The number of nitro groups is 1. The molecule has 0 spiro atoms. The van der Waals surface area contributed by atoms with E-state index in [0.717, 1.165) is 6.07 Å². The predicted molar refractivity (Wildman–Crippen MR) is 68.2 cm³/mol. The first-order chi connectivity index (χ1) is 9.49. The monoisotopic (exact) mass is 282 g/mol. The van der Waals surface area contributed by atoms with Gasteiger partial charge >= 0.3 is 11.9 Å². The topological polar surface area (TPSA) is 108 Å². The van der Waals surface area contributed by atoms with Crippen LogP contribution in [0.4, 0.5) is 5.69 Å². The second-order valence-corrected chi connectivity index (χ2v) is 3.77. The minimum absolute atomic E-state index is 0.0631. The lowest BCUT2D eigenvalue weighted by atomic mass is 10.1. The second kappa shape index (κ2) is 7.19. The summed E-state index contributed by atoms with van der Waals surface area (Å²) >= 11 is 0. The van der Waals surface area contributed by atoms with Gasteiger partial charge in [-0.3, -0.25) is 14.9 Å². The third-order valence-electron chi connectivity index (χ3n) is 2.52. The summed E-state index contributed by atoms with van der Waals surface area (Å²) in [5.41, 5.74) is 0.229. The predicted octanol–water partition coefficient (Wildman–Crippen LogP) is 0.644. The van der Waals surface area contributed by atoms with Gasteiger partial charge in [0, 0.05) is 18.2 Å². The molecule has 0 atom stereocenters. The average molecular weight is 282 g/mol. The Morgan fingerprint density at radius 2 is 2.00 bits per heavy atom. The van der Waals surface area contributed by atoms with E-state index < -0.39 is 16.9 Å². The van der Waals surface area contributed by atoms with Crippen molar-refractivity contribution in [1.82, 2.24) is 5.32 Å². The quantitative estimate of drug-likeness (QED) is 0.463. The zero-order valence-electron chi connectivity index (χ0n) is 11.0. The molecule has 0 heterocycles. The number of rotatable bonds is 6. The molecule has 0 saturated heterocycles. The molecule has 0 aliphatic carbocycles. The van der Waals surface area contributed by atoms with Crippen LogP contribution in [0.2, 0.25) is 0 Å². The molecule has 0 radical (unpaired) electrons. The molecule has 1 rings (SSSR count). The number of methoxy groups -OCH3 is 2. The zero-order valence-corrected chi connectivity index (χ0v) is 11.0. The summed E-state index contributed by atoms with van der Waals surface area (Å²) in [6, 6.07) is 4.00. The highest BCUT2D eigenvalue weighted by molar-refractivity contribution is 5.90. The lowest BCUT2D eigenvalue weighted by molar-refractivity contribution is -0.385. The van der Waals surface area contributed by atoms with Gasteiger partial charge in [0.2, 0.25) is 0 Å². The molecular weight excluding hydrogens is 268 g/mol. The van der Waals surface area contributed by atoms with Crippen LogP contribution in [-0.2, 0) is 20.8 Å². The van der Waals surface area contributed by atoms with E-state index >= 15 is 0 Å². The maximum absolute atomic E-state index is 11.3. The van der Waals surface area contributed by atoms with Crippen LogP contribution >= 0.6 is 0 Å². The smallest absolute Gasteiger partial charge is 0.338 e. The van der Waals surface area contributed by atoms with E-state index in [1.54, 1.807) is 0 Å². The van der Waals surface area contributed by atoms with Gasteiger partial charge in [-0.2, -0.15) is 0 Å². The van der Waals surface area contributed by atoms with Gasteiger partial charge in [0.15, 0.2) is 0 Å². The number of hydrogen-bond donors (Lipinski definition) is 1. The zero-order chi connectivity index (χ0) is 15.1. The number of nitro benzene ring substituents is 1. The highest BCUT2D eigenvalue weighted by Crippen LogP contribution is 2.20. The largest absolute Gasteiger partial charge is 0.468 e. The molecule has 0 aliphatic heterocycles. The third-order valence-corrected chi connectivity index (χ3v) is 2.52. The highest BCUT2D eigenvalue weighted by atomic mass is 16.6. The van der Waals surface area contributed by atoms with Gasteiger partial charge < -0.3 is 14.8 Å². The number of carbonyl (C=O) groups excluding carboxylic acids is 2. The molecule has 0 unspecified atom stereocenters. The number of nitrogens with zero attached hydrogens (tertiary/aromatic N) is 1. The molecule has 8 heteroatoms. The van der Waals surface area contributed by atoms with Crippen LogP contribution < -0.4 is 5.32 Å². The summed E-state index contributed by atoms with van der Waals surface area (Å²) in [5, 5.41) is 13.7. The highest BCUT2D eigenvalue weighted by Gasteiger charge is 2.17. The van der Waals surface area contributed by atoms with Crippen LogP contribution in [0.15, 0.2) is 18.2 Å². The van der Waals surface area contributed by atoms with Gasteiger partial charge in [-0.05, 0) is 6.07 Å².